The molecule has 0 radical (unpaired) electrons. The first-order valence-corrected chi connectivity index (χ1v) is 11.9. The summed E-state index contributed by atoms with van der Waals surface area (Å²) in [4.78, 5) is 23.0. The number of allylic oxidation sites excluding steroid dienone is 1. The Morgan fingerprint density at radius 2 is 1.57 bits per heavy atom. The van der Waals surface area contributed by atoms with Crippen molar-refractivity contribution < 1.29 is 9.59 Å². The van der Waals surface area contributed by atoms with Crippen LogP contribution in [0.15, 0.2) is 12.2 Å². The van der Waals surface area contributed by atoms with Crippen LogP contribution in [0.25, 0.3) is 0 Å². The van der Waals surface area contributed by atoms with Gasteiger partial charge in [0, 0.05) is 18.8 Å². The fraction of sp³-hybridized carbons (Fsp3) is 0.846. The lowest BCUT2D eigenvalue weighted by Gasteiger charge is -2.41. The monoisotopic (exact) mass is 390 g/mol. The number of rotatable bonds is 8. The SMILES string of the molecule is C=C(C)[C@]1(C)CCCC[C@@H]1C(C)=O.CCCCC1CCCCC1CC(=O)CC. The van der Waals surface area contributed by atoms with Crippen molar-refractivity contribution in [2.45, 2.75) is 118 Å². The van der Waals surface area contributed by atoms with Crippen LogP contribution in [-0.2, 0) is 9.59 Å². The van der Waals surface area contributed by atoms with Crippen molar-refractivity contribution in [2.75, 3.05) is 0 Å². The highest BCUT2D eigenvalue weighted by Crippen LogP contribution is 2.46. The van der Waals surface area contributed by atoms with E-state index >= 15 is 0 Å². The van der Waals surface area contributed by atoms with Gasteiger partial charge in [-0.25, -0.2) is 0 Å². The van der Waals surface area contributed by atoms with Gasteiger partial charge in [-0.05, 0) is 50.4 Å². The van der Waals surface area contributed by atoms with Crippen molar-refractivity contribution in [3.63, 3.8) is 0 Å². The van der Waals surface area contributed by atoms with E-state index in [0.717, 1.165) is 37.5 Å². The number of hydrogen-bond acceptors (Lipinski definition) is 2. The van der Waals surface area contributed by atoms with Gasteiger partial charge in [0.1, 0.15) is 11.6 Å². The minimum Gasteiger partial charge on any atom is -0.300 e. The van der Waals surface area contributed by atoms with Crippen LogP contribution in [0.5, 0.6) is 0 Å². The van der Waals surface area contributed by atoms with Gasteiger partial charge in [0.15, 0.2) is 0 Å². The molecule has 0 spiro atoms. The lowest BCUT2D eigenvalue weighted by molar-refractivity contribution is -0.125. The fourth-order valence-corrected chi connectivity index (χ4v) is 5.33. The van der Waals surface area contributed by atoms with Gasteiger partial charge in [0.05, 0.1) is 0 Å². The van der Waals surface area contributed by atoms with Crippen molar-refractivity contribution >= 4 is 11.6 Å². The molecule has 0 aliphatic heterocycles. The number of hydrogen-bond donors (Lipinski definition) is 0. The van der Waals surface area contributed by atoms with Crippen LogP contribution in [0.2, 0.25) is 0 Å². The van der Waals surface area contributed by atoms with Crippen molar-refractivity contribution in [1.82, 2.24) is 0 Å². The van der Waals surface area contributed by atoms with Crippen LogP contribution in [0.1, 0.15) is 118 Å². The summed E-state index contributed by atoms with van der Waals surface area (Å²) in [6.45, 7) is 14.3. The molecule has 2 saturated carbocycles. The summed E-state index contributed by atoms with van der Waals surface area (Å²) < 4.78 is 0. The highest BCUT2D eigenvalue weighted by molar-refractivity contribution is 5.79. The molecule has 28 heavy (non-hydrogen) atoms. The van der Waals surface area contributed by atoms with Crippen LogP contribution >= 0.6 is 0 Å². The number of carbonyl (C=O) groups excluding carboxylic acids is 2. The summed E-state index contributed by atoms with van der Waals surface area (Å²) in [6.07, 6.45) is 15.7. The maximum Gasteiger partial charge on any atom is 0.133 e. The Labute approximate surface area is 174 Å². The van der Waals surface area contributed by atoms with Crippen LogP contribution in [0.4, 0.5) is 0 Å². The zero-order valence-corrected chi connectivity index (χ0v) is 19.4. The number of carbonyl (C=O) groups is 2. The molecule has 0 aromatic rings. The van der Waals surface area contributed by atoms with Crippen molar-refractivity contribution in [3.8, 4) is 0 Å². The Bertz CT molecular complexity index is 507. The lowest BCUT2D eigenvalue weighted by atomic mass is 9.63. The molecule has 0 aromatic carbocycles. The molecule has 162 valence electrons. The third-order valence-corrected chi connectivity index (χ3v) is 7.55. The Balaban J connectivity index is 0.000000283. The maximum absolute atomic E-state index is 11.5. The molecule has 2 nitrogen and oxygen atoms in total. The van der Waals surface area contributed by atoms with E-state index in [1.807, 2.05) is 6.92 Å². The molecule has 0 amide bonds. The predicted octanol–water partition coefficient (Wildman–Crippen LogP) is 7.70. The molecule has 0 heterocycles. The molecule has 2 rings (SSSR count). The molecule has 2 aliphatic rings. The van der Waals surface area contributed by atoms with Gasteiger partial charge in [0.25, 0.3) is 0 Å². The molecule has 2 fully saturated rings. The van der Waals surface area contributed by atoms with Crippen LogP contribution in [0, 0.1) is 23.2 Å². The molecule has 4 atom stereocenters. The molecule has 2 aliphatic carbocycles. The smallest absolute Gasteiger partial charge is 0.133 e. The third kappa shape index (κ3) is 7.48. The van der Waals surface area contributed by atoms with Crippen LogP contribution in [0.3, 0.4) is 0 Å². The predicted molar refractivity (Wildman–Crippen MR) is 120 cm³/mol. The summed E-state index contributed by atoms with van der Waals surface area (Å²) in [6, 6.07) is 0. The molecular weight excluding hydrogens is 344 g/mol. The minimum absolute atomic E-state index is 0.0735. The summed E-state index contributed by atoms with van der Waals surface area (Å²) in [5.41, 5.74) is 1.25. The number of ketones is 2. The van der Waals surface area contributed by atoms with E-state index in [4.69, 9.17) is 0 Å². The zero-order valence-electron chi connectivity index (χ0n) is 19.4. The molecule has 0 bridgehead atoms. The standard InChI is InChI=1S/C14H26O.C12H20O/c1-3-5-8-12-9-6-7-10-13(12)11-14(15)4-2;1-9(2)12(4)8-6-5-7-11(12)10(3)13/h12-13H,3-11H2,1-2H3;11H,1,5-8H2,2-4H3/t;11-,12+/m.1/s1. The molecule has 0 aromatic heterocycles. The molecule has 2 unspecified atom stereocenters. The first-order valence-electron chi connectivity index (χ1n) is 11.9. The Morgan fingerprint density at radius 3 is 2.07 bits per heavy atom. The second kappa shape index (κ2) is 12.6. The van der Waals surface area contributed by atoms with Gasteiger partial charge < -0.3 is 0 Å². The van der Waals surface area contributed by atoms with E-state index in [1.165, 1.54) is 63.4 Å². The van der Waals surface area contributed by atoms with E-state index in [9.17, 15) is 9.59 Å². The van der Waals surface area contributed by atoms with E-state index in [1.54, 1.807) is 6.92 Å². The summed E-state index contributed by atoms with van der Waals surface area (Å²) in [7, 11) is 0. The highest BCUT2D eigenvalue weighted by atomic mass is 16.1. The fourth-order valence-electron chi connectivity index (χ4n) is 5.33. The van der Waals surface area contributed by atoms with Gasteiger partial charge in [-0.2, -0.15) is 0 Å². The Hall–Kier alpha value is -0.920. The van der Waals surface area contributed by atoms with Gasteiger partial charge in [-0.3, -0.25) is 9.59 Å². The summed E-state index contributed by atoms with van der Waals surface area (Å²) in [5.74, 6) is 2.61. The first kappa shape index (κ1) is 25.1. The average Bonchev–Trinajstić information content (AvgIpc) is 2.67. The number of unbranched alkanes of at least 4 members (excludes halogenated alkanes) is 1. The largest absolute Gasteiger partial charge is 0.300 e. The van der Waals surface area contributed by atoms with Crippen molar-refractivity contribution in [1.29, 1.82) is 0 Å². The second-order valence-electron chi connectivity index (χ2n) is 9.65. The van der Waals surface area contributed by atoms with Crippen molar-refractivity contribution in [2.24, 2.45) is 23.2 Å². The maximum atomic E-state index is 11.5. The topological polar surface area (TPSA) is 34.1 Å². The minimum atomic E-state index is 0.0735. The zero-order chi connectivity index (χ0) is 21.2. The Kier molecular flexibility index (Phi) is 11.3. The summed E-state index contributed by atoms with van der Waals surface area (Å²) in [5, 5.41) is 0. The third-order valence-electron chi connectivity index (χ3n) is 7.55. The molecular formula is C26H46O2. The molecule has 2 heteroatoms. The normalized spacial score (nSPS) is 30.1. The summed E-state index contributed by atoms with van der Waals surface area (Å²) >= 11 is 0. The lowest BCUT2D eigenvalue weighted by Crippen LogP contribution is -2.36. The van der Waals surface area contributed by atoms with E-state index in [-0.39, 0.29) is 11.3 Å². The average molecular weight is 391 g/mol. The number of Topliss-reactive ketones (excluding diaryl/α,β-unsaturated/α-hetero) is 2. The van der Waals surface area contributed by atoms with Crippen LogP contribution < -0.4 is 0 Å². The van der Waals surface area contributed by atoms with E-state index in [0.29, 0.717) is 11.6 Å². The van der Waals surface area contributed by atoms with Gasteiger partial charge in [-0.15, -0.1) is 0 Å². The second-order valence-corrected chi connectivity index (χ2v) is 9.65. The van der Waals surface area contributed by atoms with Crippen molar-refractivity contribution in [3.05, 3.63) is 12.2 Å². The molecule has 0 saturated heterocycles. The quantitative estimate of drug-likeness (QED) is 0.398. The first-order chi connectivity index (χ1) is 13.3. The Morgan fingerprint density at radius 1 is 0.964 bits per heavy atom. The van der Waals surface area contributed by atoms with Crippen LogP contribution in [-0.4, -0.2) is 11.6 Å². The van der Waals surface area contributed by atoms with Gasteiger partial charge >= 0.3 is 0 Å². The van der Waals surface area contributed by atoms with Gasteiger partial charge in [0.2, 0.25) is 0 Å². The van der Waals surface area contributed by atoms with E-state index < -0.39 is 0 Å². The van der Waals surface area contributed by atoms with Gasteiger partial charge in [-0.1, -0.05) is 84.3 Å². The highest BCUT2D eigenvalue weighted by Gasteiger charge is 2.39. The molecule has 0 N–H and O–H groups in total. The van der Waals surface area contributed by atoms with E-state index in [2.05, 4.69) is 27.4 Å².